The molecule has 2 spiro atoms. The lowest BCUT2D eigenvalue weighted by atomic mass is 9.65. The first-order valence-electron chi connectivity index (χ1n) is 17.0. The van der Waals surface area contributed by atoms with Crippen molar-refractivity contribution in [1.29, 1.82) is 0 Å². The van der Waals surface area contributed by atoms with E-state index in [0.717, 1.165) is 69.1 Å². The highest BCUT2D eigenvalue weighted by molar-refractivity contribution is 5.52. The van der Waals surface area contributed by atoms with E-state index in [2.05, 4.69) is 99.1 Å². The molecule has 4 nitrogen and oxygen atoms in total. The smallest absolute Gasteiger partial charge is 0.0860 e. The number of benzene rings is 3. The lowest BCUT2D eigenvalue weighted by Crippen LogP contribution is -2.41. The molecule has 0 aliphatic heterocycles. The maximum Gasteiger partial charge on any atom is 0.0860 e. The maximum absolute atomic E-state index is 11.2. The highest BCUT2D eigenvalue weighted by Crippen LogP contribution is 2.71. The third-order valence-corrected chi connectivity index (χ3v) is 13.3. The van der Waals surface area contributed by atoms with Gasteiger partial charge in [-0.25, -0.2) is 0 Å². The van der Waals surface area contributed by atoms with Crippen LogP contribution in [0.15, 0.2) is 91.0 Å². The van der Waals surface area contributed by atoms with Crippen molar-refractivity contribution in [3.8, 4) is 0 Å². The largest absolute Gasteiger partial charge is 0.386 e. The number of nitrogens with two attached hydrogens (primary N) is 1. The van der Waals surface area contributed by atoms with Gasteiger partial charge in [-0.15, -0.1) is 0 Å². The second-order valence-corrected chi connectivity index (χ2v) is 15.6. The van der Waals surface area contributed by atoms with Gasteiger partial charge in [-0.1, -0.05) is 79.9 Å². The van der Waals surface area contributed by atoms with Gasteiger partial charge in [-0.3, -0.25) is 0 Å². The summed E-state index contributed by atoms with van der Waals surface area (Å²) in [5.74, 6) is 1.04. The predicted octanol–water partition coefficient (Wildman–Crippen LogP) is 7.74. The molecule has 6 aliphatic carbocycles. The first-order valence-corrected chi connectivity index (χ1v) is 17.0. The zero-order chi connectivity index (χ0) is 31.4. The Bertz CT molecular complexity index is 1710. The minimum Gasteiger partial charge on any atom is -0.386 e. The molecule has 0 heterocycles. The summed E-state index contributed by atoms with van der Waals surface area (Å²) in [6, 6.07) is 24.3. The van der Waals surface area contributed by atoms with Crippen molar-refractivity contribution >= 4 is 0 Å². The van der Waals surface area contributed by atoms with Crippen molar-refractivity contribution in [3.63, 3.8) is 0 Å². The maximum atomic E-state index is 11.2. The quantitative estimate of drug-likeness (QED) is 0.232. The molecule has 234 valence electrons. The summed E-state index contributed by atoms with van der Waals surface area (Å²) in [5.41, 5.74) is 17.3. The Hall–Kier alpha value is -3.02. The minimum atomic E-state index is -0.654. The van der Waals surface area contributed by atoms with Crippen LogP contribution in [0.25, 0.3) is 0 Å². The fraction of sp³-hybridized carbons (Fsp3) is 0.463. The van der Waals surface area contributed by atoms with Gasteiger partial charge in [-0.2, -0.15) is 0 Å². The van der Waals surface area contributed by atoms with E-state index in [4.69, 9.17) is 5.73 Å². The van der Waals surface area contributed by atoms with Crippen LogP contribution in [0.1, 0.15) is 114 Å². The van der Waals surface area contributed by atoms with E-state index in [1.54, 1.807) is 0 Å². The van der Waals surface area contributed by atoms with E-state index in [1.807, 2.05) is 0 Å². The highest BCUT2D eigenvalue weighted by Gasteiger charge is 2.65. The Labute approximate surface area is 268 Å². The molecule has 0 unspecified atom stereocenters. The number of aryl methyl sites for hydroxylation is 2. The normalized spacial score (nSPS) is 38.2. The summed E-state index contributed by atoms with van der Waals surface area (Å²) >= 11 is 0. The molecular formula is C41H48N2O2. The molecule has 4 heteroatoms. The zero-order valence-electron chi connectivity index (χ0n) is 26.9. The average molecular weight is 601 g/mol. The molecular weight excluding hydrogens is 552 g/mol. The molecule has 8 atom stereocenters. The Morgan fingerprint density at radius 2 is 1.27 bits per heavy atom. The fourth-order valence-electron chi connectivity index (χ4n) is 11.3. The summed E-state index contributed by atoms with van der Waals surface area (Å²) in [7, 11) is 0. The number of rotatable bonds is 3. The second kappa shape index (κ2) is 9.99. The van der Waals surface area contributed by atoms with Gasteiger partial charge >= 0.3 is 0 Å². The van der Waals surface area contributed by atoms with Gasteiger partial charge in [0.05, 0.1) is 11.2 Å². The van der Waals surface area contributed by atoms with Crippen LogP contribution in [-0.2, 0) is 6.54 Å². The van der Waals surface area contributed by atoms with Gasteiger partial charge in [0, 0.05) is 29.5 Å². The van der Waals surface area contributed by atoms with Crippen LogP contribution < -0.4 is 11.1 Å². The summed E-state index contributed by atoms with van der Waals surface area (Å²) in [6.45, 7) is 13.7. The SMILES string of the molecule is C=C1C[C@]23C[C@@]1(O)CC[C@H]2c1cccc(C)c1[C@@H]3N.C=C1C[C@]23C[C@@]1(O)CC[C@H]2c1cccc(C)c1[C@@H]3NCc1ccccc1. The lowest BCUT2D eigenvalue weighted by Gasteiger charge is -2.43. The standard InChI is InChI=1S/C24H27NO.C17H21NO/c1-16-7-6-10-19-20-11-12-24(26)15-23(20,13-17(24)2)22(21(16)19)25-14-18-8-4-3-5-9-18;1-10-4-3-5-12-13-6-7-17(19)9-16(13,8-11(17)2)15(18)14(10)12/h3-10,20,22,25-26H,2,11-15H2,1H3;3-5,13,15,19H,2,6-9,18H2,1H3/t20-,22-,23-,24-;13-,15-,16-,17-/m00/s1. The molecule has 3 aromatic carbocycles. The minimum absolute atomic E-state index is 0.0263. The lowest BCUT2D eigenvalue weighted by molar-refractivity contribution is 0.00164. The number of hydrogen-bond acceptors (Lipinski definition) is 4. The summed E-state index contributed by atoms with van der Waals surface area (Å²) < 4.78 is 0. The van der Waals surface area contributed by atoms with E-state index < -0.39 is 11.2 Å². The topological polar surface area (TPSA) is 78.5 Å². The van der Waals surface area contributed by atoms with Crippen molar-refractivity contribution in [2.24, 2.45) is 16.6 Å². The van der Waals surface area contributed by atoms with E-state index in [1.165, 1.54) is 38.9 Å². The fourth-order valence-corrected chi connectivity index (χ4v) is 11.3. The summed E-state index contributed by atoms with van der Waals surface area (Å²) in [5, 5.41) is 25.8. The Kier molecular flexibility index (Phi) is 6.52. The summed E-state index contributed by atoms with van der Waals surface area (Å²) in [6.07, 6.45) is 7.30. The number of hydrogen-bond donors (Lipinski definition) is 4. The van der Waals surface area contributed by atoms with Crippen molar-refractivity contribution in [3.05, 3.63) is 130 Å². The van der Waals surface area contributed by atoms with Crippen LogP contribution in [0.3, 0.4) is 0 Å². The predicted molar refractivity (Wildman–Crippen MR) is 181 cm³/mol. The van der Waals surface area contributed by atoms with Gasteiger partial charge in [0.15, 0.2) is 0 Å². The van der Waals surface area contributed by atoms with Crippen LogP contribution >= 0.6 is 0 Å². The average Bonchev–Trinajstić information content (AvgIpc) is 3.58. The van der Waals surface area contributed by atoms with Gasteiger partial charge < -0.3 is 21.3 Å². The van der Waals surface area contributed by atoms with Crippen molar-refractivity contribution < 1.29 is 10.2 Å². The highest BCUT2D eigenvalue weighted by atomic mass is 16.3. The second-order valence-electron chi connectivity index (χ2n) is 15.6. The Balaban J connectivity index is 0.000000140. The first-order chi connectivity index (χ1) is 21.5. The first kappa shape index (κ1) is 29.4. The van der Waals surface area contributed by atoms with E-state index in [0.29, 0.717) is 11.8 Å². The Morgan fingerprint density at radius 3 is 1.91 bits per heavy atom. The van der Waals surface area contributed by atoms with Gasteiger partial charge in [0.25, 0.3) is 0 Å². The van der Waals surface area contributed by atoms with Crippen LogP contribution in [0.4, 0.5) is 0 Å². The van der Waals surface area contributed by atoms with Crippen LogP contribution in [0, 0.1) is 24.7 Å². The van der Waals surface area contributed by atoms with Gasteiger partial charge in [-0.05, 0) is 127 Å². The molecule has 3 aromatic rings. The molecule has 0 radical (unpaired) electrons. The van der Waals surface area contributed by atoms with Crippen molar-refractivity contribution in [2.75, 3.05) is 0 Å². The molecule has 4 bridgehead atoms. The number of aliphatic hydroxyl groups is 2. The van der Waals surface area contributed by atoms with Crippen molar-refractivity contribution in [1.82, 2.24) is 5.32 Å². The zero-order valence-corrected chi connectivity index (χ0v) is 26.9. The molecule has 45 heavy (non-hydrogen) atoms. The monoisotopic (exact) mass is 600 g/mol. The van der Waals surface area contributed by atoms with Gasteiger partial charge in [0.2, 0.25) is 0 Å². The van der Waals surface area contributed by atoms with E-state index in [-0.39, 0.29) is 22.9 Å². The molecule has 4 fully saturated rings. The molecule has 5 N–H and O–H groups in total. The van der Waals surface area contributed by atoms with E-state index >= 15 is 0 Å². The van der Waals surface area contributed by atoms with Crippen molar-refractivity contribution in [2.45, 2.75) is 107 Å². The van der Waals surface area contributed by atoms with Crippen LogP contribution in [0.2, 0.25) is 0 Å². The molecule has 9 rings (SSSR count). The molecule has 0 saturated heterocycles. The Morgan fingerprint density at radius 1 is 0.733 bits per heavy atom. The molecule has 6 aliphatic rings. The number of fused-ring (bicyclic) bond motifs is 6. The third-order valence-electron chi connectivity index (χ3n) is 13.3. The van der Waals surface area contributed by atoms with E-state index in [9.17, 15) is 10.2 Å². The van der Waals surface area contributed by atoms with Crippen LogP contribution in [-0.4, -0.2) is 21.4 Å². The molecule has 0 amide bonds. The summed E-state index contributed by atoms with van der Waals surface area (Å²) in [4.78, 5) is 0. The third kappa shape index (κ3) is 4.05. The number of nitrogens with one attached hydrogen (secondary N) is 1. The molecule has 4 saturated carbocycles. The molecule has 0 aromatic heterocycles. The van der Waals surface area contributed by atoms with Crippen LogP contribution in [0.5, 0.6) is 0 Å². The van der Waals surface area contributed by atoms with Gasteiger partial charge in [0.1, 0.15) is 0 Å².